The molecular weight excluding hydrogens is 772 g/mol. The maximum absolute atomic E-state index is 13.7. The number of aromatic carboxylic acids is 1. The molecule has 16 nitrogen and oxygen atoms in total. The number of ether oxygens (including phenoxy) is 6. The summed E-state index contributed by atoms with van der Waals surface area (Å²) in [7, 11) is 0. The Morgan fingerprint density at radius 3 is 1.05 bits per heavy atom. The maximum atomic E-state index is 13.7. The van der Waals surface area contributed by atoms with Gasteiger partial charge < -0.3 is 33.5 Å². The van der Waals surface area contributed by atoms with E-state index in [1.165, 1.54) is 36.4 Å². The smallest absolute Gasteiger partial charge is 0.346 e. The van der Waals surface area contributed by atoms with Crippen molar-refractivity contribution in [2.24, 2.45) is 0 Å². The van der Waals surface area contributed by atoms with Crippen LogP contribution in [0.3, 0.4) is 0 Å². The Bertz CT molecular complexity index is 2240. The fourth-order valence-corrected chi connectivity index (χ4v) is 5.16. The molecule has 0 aliphatic rings. The zero-order valence-corrected chi connectivity index (χ0v) is 30.9. The SMILES string of the molecule is C=CCOC(=O)c1cc(C(=O)OCC=C)cc(C(=O)OC(=O)c2cccc3c(C(=O)O)ccc(C(=O)OC(=O)c4cc(C(=O)OCC=C)cc(C(=O)OCC=C)c4)c23)c1. The summed E-state index contributed by atoms with van der Waals surface area (Å²) in [5, 5.41) is 9.27. The second-order valence-corrected chi connectivity index (χ2v) is 11.7. The first-order valence-electron chi connectivity index (χ1n) is 17.0. The van der Waals surface area contributed by atoms with Crippen LogP contribution >= 0.6 is 0 Å². The number of rotatable bonds is 17. The molecule has 4 rings (SSSR count). The van der Waals surface area contributed by atoms with Gasteiger partial charge in [0.25, 0.3) is 0 Å². The molecule has 0 saturated heterocycles. The van der Waals surface area contributed by atoms with Crippen molar-refractivity contribution in [2.75, 3.05) is 26.4 Å². The Morgan fingerprint density at radius 2 is 0.729 bits per heavy atom. The van der Waals surface area contributed by atoms with Crippen LogP contribution in [0.5, 0.6) is 0 Å². The van der Waals surface area contributed by atoms with Crippen molar-refractivity contribution in [1.82, 2.24) is 0 Å². The summed E-state index contributed by atoms with van der Waals surface area (Å²) in [6.07, 6.45) is 5.09. The average molecular weight is 805 g/mol. The monoisotopic (exact) mass is 804 g/mol. The molecule has 0 aliphatic carbocycles. The van der Waals surface area contributed by atoms with Crippen LogP contribution in [0.25, 0.3) is 10.8 Å². The number of carboxylic acids is 1. The highest BCUT2D eigenvalue weighted by Crippen LogP contribution is 2.29. The van der Waals surface area contributed by atoms with Crippen LogP contribution in [0.1, 0.15) is 93.2 Å². The summed E-state index contributed by atoms with van der Waals surface area (Å²) >= 11 is 0. The van der Waals surface area contributed by atoms with Crippen LogP contribution in [-0.4, -0.2) is 85.3 Å². The maximum Gasteiger partial charge on any atom is 0.346 e. The third kappa shape index (κ3) is 10.7. The van der Waals surface area contributed by atoms with E-state index in [0.29, 0.717) is 0 Å². The van der Waals surface area contributed by atoms with Crippen molar-refractivity contribution in [3.8, 4) is 0 Å². The first-order chi connectivity index (χ1) is 28.2. The predicted molar refractivity (Wildman–Crippen MR) is 205 cm³/mol. The lowest BCUT2D eigenvalue weighted by Crippen LogP contribution is -2.18. The van der Waals surface area contributed by atoms with E-state index in [-0.39, 0.29) is 54.1 Å². The predicted octanol–water partition coefficient (Wildman–Crippen LogP) is 5.90. The van der Waals surface area contributed by atoms with Crippen molar-refractivity contribution in [1.29, 1.82) is 0 Å². The van der Waals surface area contributed by atoms with Crippen molar-refractivity contribution in [3.05, 3.63) is 167 Å². The summed E-state index contributed by atoms with van der Waals surface area (Å²) in [5.74, 6) is -11.0. The summed E-state index contributed by atoms with van der Waals surface area (Å²) in [6.45, 7) is 12.9. The van der Waals surface area contributed by atoms with E-state index in [1.807, 2.05) is 0 Å². The highest BCUT2D eigenvalue weighted by Gasteiger charge is 2.28. The van der Waals surface area contributed by atoms with Crippen LogP contribution in [0.15, 0.2) is 117 Å². The molecule has 0 atom stereocenters. The molecule has 59 heavy (non-hydrogen) atoms. The molecule has 0 spiro atoms. The number of esters is 8. The molecule has 0 amide bonds. The zero-order chi connectivity index (χ0) is 43.2. The largest absolute Gasteiger partial charge is 0.478 e. The van der Waals surface area contributed by atoms with E-state index in [2.05, 4.69) is 26.3 Å². The van der Waals surface area contributed by atoms with E-state index in [9.17, 15) is 48.3 Å². The van der Waals surface area contributed by atoms with Gasteiger partial charge in [-0.1, -0.05) is 62.8 Å². The molecule has 0 aromatic heterocycles. The molecule has 4 aromatic carbocycles. The minimum atomic E-state index is -1.49. The number of hydrogen-bond donors (Lipinski definition) is 1. The molecule has 0 radical (unpaired) electrons. The molecule has 4 aromatic rings. The van der Waals surface area contributed by atoms with Gasteiger partial charge in [-0.15, -0.1) is 0 Å². The molecule has 0 heterocycles. The van der Waals surface area contributed by atoms with Crippen molar-refractivity contribution >= 4 is 64.5 Å². The van der Waals surface area contributed by atoms with Gasteiger partial charge in [-0.05, 0) is 60.0 Å². The van der Waals surface area contributed by atoms with Crippen molar-refractivity contribution in [3.63, 3.8) is 0 Å². The van der Waals surface area contributed by atoms with E-state index in [0.717, 1.165) is 54.6 Å². The Balaban J connectivity index is 1.75. The van der Waals surface area contributed by atoms with Gasteiger partial charge in [0.05, 0.1) is 50.1 Å². The Kier molecular flexibility index (Phi) is 14.8. The van der Waals surface area contributed by atoms with Crippen LogP contribution in [0.2, 0.25) is 0 Å². The van der Waals surface area contributed by atoms with E-state index in [4.69, 9.17) is 28.4 Å². The van der Waals surface area contributed by atoms with Gasteiger partial charge in [0.1, 0.15) is 26.4 Å². The highest BCUT2D eigenvalue weighted by molar-refractivity contribution is 6.20. The highest BCUT2D eigenvalue weighted by atomic mass is 16.6. The van der Waals surface area contributed by atoms with Gasteiger partial charge in [0, 0.05) is 5.39 Å². The molecule has 300 valence electrons. The molecule has 0 fully saturated rings. The zero-order valence-electron chi connectivity index (χ0n) is 30.9. The number of benzene rings is 4. The number of hydrogen-bond acceptors (Lipinski definition) is 15. The van der Waals surface area contributed by atoms with Crippen molar-refractivity contribution < 1.29 is 76.7 Å². The standard InChI is InChI=1S/C43H32O16/c1-5-14-54-36(46)24-18-25(37(47)55-15-6-2)21-28(20-24)40(50)58-42(52)32-11-9-10-30-31(35(44)45)12-13-33(34(30)32)43(53)59-41(51)29-22-26(38(48)56-16-7-3)19-27(23-29)39(49)57-17-8-4/h5-13,18-23H,1-4,14-17H2,(H,44,45). The number of carbonyl (C=O) groups is 9. The summed E-state index contributed by atoms with van der Waals surface area (Å²) in [6, 6.07) is 11.5. The summed E-state index contributed by atoms with van der Waals surface area (Å²) in [4.78, 5) is 117. The lowest BCUT2D eigenvalue weighted by Gasteiger charge is -2.13. The minimum absolute atomic E-state index is 0.221. The van der Waals surface area contributed by atoms with Crippen LogP contribution < -0.4 is 0 Å². The van der Waals surface area contributed by atoms with Gasteiger partial charge in [-0.2, -0.15) is 0 Å². The fourth-order valence-electron chi connectivity index (χ4n) is 5.16. The summed E-state index contributed by atoms with van der Waals surface area (Å²) in [5.41, 5.74) is -3.69. The average Bonchev–Trinajstić information content (AvgIpc) is 3.24. The van der Waals surface area contributed by atoms with E-state index < -0.39 is 86.9 Å². The molecule has 1 N–H and O–H groups in total. The van der Waals surface area contributed by atoms with Crippen molar-refractivity contribution in [2.45, 2.75) is 0 Å². The number of carbonyl (C=O) groups excluding carboxylic acids is 8. The molecule has 0 aliphatic heterocycles. The topological polar surface area (TPSA) is 229 Å². The Hall–Kier alpha value is -8.27. The fraction of sp³-hybridized carbons (Fsp3) is 0.0930. The quantitative estimate of drug-likeness (QED) is 0.0566. The summed E-state index contributed by atoms with van der Waals surface area (Å²) < 4.78 is 30.2. The molecule has 16 heteroatoms. The third-order valence-corrected chi connectivity index (χ3v) is 7.69. The van der Waals surface area contributed by atoms with Crippen LogP contribution in [0.4, 0.5) is 0 Å². The molecule has 0 saturated carbocycles. The number of fused-ring (bicyclic) bond motifs is 1. The second-order valence-electron chi connectivity index (χ2n) is 11.7. The molecular formula is C43H32O16. The van der Waals surface area contributed by atoms with Gasteiger partial charge in [-0.3, -0.25) is 0 Å². The van der Waals surface area contributed by atoms with Gasteiger partial charge in [0.15, 0.2) is 0 Å². The van der Waals surface area contributed by atoms with Gasteiger partial charge in [-0.25, -0.2) is 43.2 Å². The van der Waals surface area contributed by atoms with Gasteiger partial charge in [0.2, 0.25) is 0 Å². The molecule has 0 bridgehead atoms. The third-order valence-electron chi connectivity index (χ3n) is 7.69. The first kappa shape index (κ1) is 43.5. The Morgan fingerprint density at radius 1 is 0.424 bits per heavy atom. The number of carboxylic acid groups (broad SMARTS) is 1. The van der Waals surface area contributed by atoms with Crippen LogP contribution in [0, 0.1) is 0 Å². The lowest BCUT2D eigenvalue weighted by atomic mass is 9.95. The normalized spacial score (nSPS) is 10.2. The van der Waals surface area contributed by atoms with Crippen LogP contribution in [-0.2, 0) is 28.4 Å². The van der Waals surface area contributed by atoms with Gasteiger partial charge >= 0.3 is 53.7 Å². The molecule has 0 unspecified atom stereocenters. The first-order valence-corrected chi connectivity index (χ1v) is 17.0. The Labute approximate surface area is 334 Å². The lowest BCUT2D eigenvalue weighted by molar-refractivity contribution is 0.0385. The minimum Gasteiger partial charge on any atom is -0.478 e. The van der Waals surface area contributed by atoms with E-state index in [1.54, 1.807) is 0 Å². The van der Waals surface area contributed by atoms with E-state index >= 15 is 0 Å². The second kappa shape index (κ2) is 20.1.